The average Bonchev–Trinajstić information content (AvgIpc) is 3.79. The lowest BCUT2D eigenvalue weighted by atomic mass is 9.73. The molecular weight excluding hydrogens is 590 g/mol. The number of para-hydroxylation sites is 6. The van der Waals surface area contributed by atoms with E-state index in [0.717, 1.165) is 77.4 Å². The summed E-state index contributed by atoms with van der Waals surface area (Å²) in [5.74, 6) is 0.632. The molecule has 48 heavy (non-hydrogen) atoms. The standard InChI is InChI=1S/C43H27N3O2/c1-43(2)31-19-10-16-28-36-27-14-5-8-23-35(27)48-42(36)46(38(28)31)39-29(17-11-20-32(39)43)37-26-13-3-6-21-33(26)44-41(45-37)30-18-9-15-25-24-12-4-7-22-34(24)47-40(25)30/h3-23H,1-2H3. The lowest BCUT2D eigenvalue weighted by Crippen LogP contribution is -2.26. The zero-order valence-electron chi connectivity index (χ0n) is 26.3. The summed E-state index contributed by atoms with van der Waals surface area (Å²) >= 11 is 0. The highest BCUT2D eigenvalue weighted by atomic mass is 16.3. The van der Waals surface area contributed by atoms with E-state index in [0.29, 0.717) is 5.82 Å². The summed E-state index contributed by atoms with van der Waals surface area (Å²) in [5, 5.41) is 6.60. The van der Waals surface area contributed by atoms with Gasteiger partial charge in [-0.1, -0.05) is 117 Å². The monoisotopic (exact) mass is 617 g/mol. The van der Waals surface area contributed by atoms with E-state index in [9.17, 15) is 0 Å². The number of rotatable bonds is 2. The quantitative estimate of drug-likeness (QED) is 0.194. The van der Waals surface area contributed by atoms with Crippen molar-refractivity contribution in [2.75, 3.05) is 0 Å². The summed E-state index contributed by atoms with van der Waals surface area (Å²) in [5.41, 5.74) is 11.6. The Morgan fingerprint density at radius 1 is 0.542 bits per heavy atom. The predicted octanol–water partition coefficient (Wildman–Crippen LogP) is 11.3. The second-order valence-corrected chi connectivity index (χ2v) is 13.3. The second kappa shape index (κ2) is 8.99. The van der Waals surface area contributed by atoms with Crippen LogP contribution in [0.3, 0.4) is 0 Å². The molecule has 0 aliphatic carbocycles. The maximum atomic E-state index is 6.74. The molecule has 6 aromatic carbocycles. The van der Waals surface area contributed by atoms with Crippen LogP contribution in [0.4, 0.5) is 0 Å². The highest BCUT2D eigenvalue weighted by molar-refractivity contribution is 6.21. The van der Waals surface area contributed by atoms with Gasteiger partial charge in [0.15, 0.2) is 5.82 Å². The first-order valence-electron chi connectivity index (χ1n) is 16.3. The molecule has 0 unspecified atom stereocenters. The molecule has 11 rings (SSSR count). The minimum absolute atomic E-state index is 0.266. The van der Waals surface area contributed by atoms with E-state index in [1.165, 1.54) is 22.0 Å². The van der Waals surface area contributed by atoms with Crippen LogP contribution in [0.2, 0.25) is 0 Å². The third-order valence-electron chi connectivity index (χ3n) is 10.4. The number of furan rings is 2. The topological polar surface area (TPSA) is 57.0 Å². The van der Waals surface area contributed by atoms with Gasteiger partial charge in [0.1, 0.15) is 16.7 Å². The van der Waals surface area contributed by atoms with E-state index < -0.39 is 0 Å². The third kappa shape index (κ3) is 3.20. The second-order valence-electron chi connectivity index (χ2n) is 13.3. The molecule has 5 heterocycles. The average molecular weight is 618 g/mol. The Bertz CT molecular complexity index is 2990. The van der Waals surface area contributed by atoms with Crippen molar-refractivity contribution in [3.63, 3.8) is 0 Å². The Morgan fingerprint density at radius 2 is 1.19 bits per heavy atom. The normalized spacial score (nSPS) is 13.8. The predicted molar refractivity (Wildman–Crippen MR) is 194 cm³/mol. The fraction of sp³-hybridized carbons (Fsp3) is 0.0698. The van der Waals surface area contributed by atoms with Crippen molar-refractivity contribution in [3.8, 4) is 28.3 Å². The van der Waals surface area contributed by atoms with Gasteiger partial charge in [0.2, 0.25) is 5.71 Å². The molecule has 0 radical (unpaired) electrons. The summed E-state index contributed by atoms with van der Waals surface area (Å²) in [6, 6.07) is 44.3. The Labute approximate surface area is 274 Å². The number of fused-ring (bicyclic) bond motifs is 11. The van der Waals surface area contributed by atoms with Crippen molar-refractivity contribution >= 4 is 65.8 Å². The fourth-order valence-electron chi connectivity index (χ4n) is 8.21. The highest BCUT2D eigenvalue weighted by Crippen LogP contribution is 2.52. The maximum Gasteiger partial charge on any atom is 0.213 e. The van der Waals surface area contributed by atoms with Gasteiger partial charge in [-0.15, -0.1) is 0 Å². The molecule has 0 amide bonds. The molecule has 4 aromatic heterocycles. The van der Waals surface area contributed by atoms with Crippen molar-refractivity contribution in [2.24, 2.45) is 0 Å². The number of hydrogen-bond donors (Lipinski definition) is 0. The van der Waals surface area contributed by atoms with Crippen LogP contribution in [0, 0.1) is 0 Å². The Balaban J connectivity index is 1.27. The molecular formula is C43H27N3O2. The van der Waals surface area contributed by atoms with Gasteiger partial charge < -0.3 is 8.83 Å². The minimum atomic E-state index is -0.266. The zero-order chi connectivity index (χ0) is 31.7. The molecule has 0 bridgehead atoms. The van der Waals surface area contributed by atoms with Crippen LogP contribution in [0.25, 0.3) is 94.1 Å². The number of nitrogens with zero attached hydrogens (tertiary/aromatic N) is 3. The van der Waals surface area contributed by atoms with Gasteiger partial charge in [-0.3, -0.25) is 4.57 Å². The molecule has 10 aromatic rings. The third-order valence-corrected chi connectivity index (χ3v) is 10.4. The number of aromatic nitrogens is 3. The molecule has 226 valence electrons. The van der Waals surface area contributed by atoms with E-state index in [-0.39, 0.29) is 5.41 Å². The molecule has 0 spiro atoms. The van der Waals surface area contributed by atoms with E-state index in [2.05, 4.69) is 115 Å². The van der Waals surface area contributed by atoms with Crippen LogP contribution in [0.1, 0.15) is 25.0 Å². The summed E-state index contributed by atoms with van der Waals surface area (Å²) in [6.45, 7) is 4.65. The van der Waals surface area contributed by atoms with Crippen molar-refractivity contribution in [1.29, 1.82) is 0 Å². The van der Waals surface area contributed by atoms with Gasteiger partial charge in [0.25, 0.3) is 0 Å². The Morgan fingerprint density at radius 3 is 2.06 bits per heavy atom. The van der Waals surface area contributed by atoms with Gasteiger partial charge in [0.05, 0.1) is 33.4 Å². The maximum absolute atomic E-state index is 6.74. The first-order chi connectivity index (χ1) is 23.6. The molecule has 5 nitrogen and oxygen atoms in total. The van der Waals surface area contributed by atoms with Gasteiger partial charge >= 0.3 is 0 Å². The number of benzene rings is 6. The van der Waals surface area contributed by atoms with Crippen LogP contribution in [0.15, 0.2) is 136 Å². The SMILES string of the molecule is CC1(C)c2cccc(-c3nc(-c4cccc5c4oc4ccccc45)nc4ccccc34)c2-n2c3oc4ccccc4c3c3cccc1c32. The lowest BCUT2D eigenvalue weighted by molar-refractivity contribution is 0.612. The van der Waals surface area contributed by atoms with E-state index in [1.807, 2.05) is 30.3 Å². The summed E-state index contributed by atoms with van der Waals surface area (Å²) in [4.78, 5) is 10.6. The molecule has 5 heteroatoms. The van der Waals surface area contributed by atoms with E-state index in [1.54, 1.807) is 0 Å². The largest absolute Gasteiger partial charge is 0.455 e. The van der Waals surface area contributed by atoms with Crippen molar-refractivity contribution < 1.29 is 8.83 Å². The van der Waals surface area contributed by atoms with Gasteiger partial charge in [-0.05, 0) is 35.4 Å². The molecule has 1 aliphatic rings. The van der Waals surface area contributed by atoms with Crippen LogP contribution in [0.5, 0.6) is 0 Å². The molecule has 0 saturated carbocycles. The lowest BCUT2D eigenvalue weighted by Gasteiger charge is -2.35. The van der Waals surface area contributed by atoms with E-state index in [4.69, 9.17) is 18.8 Å². The minimum Gasteiger partial charge on any atom is -0.455 e. The van der Waals surface area contributed by atoms with Crippen LogP contribution in [-0.4, -0.2) is 14.5 Å². The van der Waals surface area contributed by atoms with Gasteiger partial charge in [0, 0.05) is 37.9 Å². The summed E-state index contributed by atoms with van der Waals surface area (Å²) in [7, 11) is 0. The number of hydrogen-bond acceptors (Lipinski definition) is 4. The molecule has 1 aliphatic heterocycles. The first-order valence-corrected chi connectivity index (χ1v) is 16.3. The zero-order valence-corrected chi connectivity index (χ0v) is 26.3. The van der Waals surface area contributed by atoms with Gasteiger partial charge in [-0.25, -0.2) is 9.97 Å². The van der Waals surface area contributed by atoms with Crippen molar-refractivity contribution in [1.82, 2.24) is 14.5 Å². The molecule has 0 fully saturated rings. The smallest absolute Gasteiger partial charge is 0.213 e. The summed E-state index contributed by atoms with van der Waals surface area (Å²) < 4.78 is 15.6. The molecule has 0 saturated heterocycles. The Hall–Kier alpha value is -6.20. The molecule has 0 N–H and O–H groups in total. The van der Waals surface area contributed by atoms with E-state index >= 15 is 0 Å². The Kier molecular flexibility index (Phi) is 4.86. The van der Waals surface area contributed by atoms with Crippen LogP contribution < -0.4 is 0 Å². The van der Waals surface area contributed by atoms with Crippen molar-refractivity contribution in [2.45, 2.75) is 19.3 Å². The summed E-state index contributed by atoms with van der Waals surface area (Å²) in [6.07, 6.45) is 0. The van der Waals surface area contributed by atoms with Crippen molar-refractivity contribution in [3.05, 3.63) is 139 Å². The highest BCUT2D eigenvalue weighted by Gasteiger charge is 2.38. The van der Waals surface area contributed by atoms with Crippen LogP contribution in [-0.2, 0) is 5.41 Å². The van der Waals surface area contributed by atoms with Gasteiger partial charge in [-0.2, -0.15) is 0 Å². The van der Waals surface area contributed by atoms with Crippen LogP contribution >= 0.6 is 0 Å². The first kappa shape index (κ1) is 25.9. The molecule has 0 atom stereocenters. The fourth-order valence-corrected chi connectivity index (χ4v) is 8.21.